The Hall–Kier alpha value is -2.02. The highest BCUT2D eigenvalue weighted by Crippen LogP contribution is 2.22. The highest BCUT2D eigenvalue weighted by molar-refractivity contribution is 7.92. The smallest absolute Gasteiger partial charge is 0.264 e. The normalized spacial score (nSPS) is 11.3. The molecule has 0 spiro atoms. The molecule has 0 radical (unpaired) electrons. The lowest BCUT2D eigenvalue weighted by molar-refractivity contribution is 0.432. The van der Waals surface area contributed by atoms with Gasteiger partial charge in [0.25, 0.3) is 10.0 Å². The van der Waals surface area contributed by atoms with Crippen molar-refractivity contribution in [3.63, 3.8) is 0 Å². The average Bonchev–Trinajstić information content (AvgIpc) is 2.36. The van der Waals surface area contributed by atoms with E-state index in [0.29, 0.717) is 12.1 Å². The molecule has 0 saturated heterocycles. The number of benzene rings is 2. The van der Waals surface area contributed by atoms with Crippen LogP contribution in [0.3, 0.4) is 0 Å². The number of sulfonamides is 1. The summed E-state index contributed by atoms with van der Waals surface area (Å²) in [5.74, 6) is -5.02. The largest absolute Gasteiger partial charge is 0.280 e. The Morgan fingerprint density at radius 2 is 1.47 bits per heavy atom. The summed E-state index contributed by atoms with van der Waals surface area (Å²) in [6, 6.07) is 8.90. The molecule has 0 bridgehead atoms. The maximum atomic E-state index is 13.4. The van der Waals surface area contributed by atoms with Crippen molar-refractivity contribution in [2.75, 3.05) is 4.72 Å². The molecule has 0 aliphatic heterocycles. The van der Waals surface area contributed by atoms with Gasteiger partial charge in [-0.3, -0.25) is 4.72 Å². The number of hydrogen-bond donors (Lipinski definition) is 1. The first-order valence-corrected chi connectivity index (χ1v) is 6.61. The monoisotopic (exact) mass is 287 g/mol. The van der Waals surface area contributed by atoms with Crippen LogP contribution in [0.15, 0.2) is 47.4 Å². The molecule has 0 unspecified atom stereocenters. The summed E-state index contributed by atoms with van der Waals surface area (Å²) in [5.41, 5.74) is 0.187. The van der Waals surface area contributed by atoms with Gasteiger partial charge in [0.05, 0.1) is 0 Å². The fraction of sp³-hybridized carbons (Fsp3) is 0. The van der Waals surface area contributed by atoms with Crippen LogP contribution in [0.2, 0.25) is 0 Å². The van der Waals surface area contributed by atoms with Crippen LogP contribution in [0.4, 0.5) is 18.9 Å². The third kappa shape index (κ3) is 2.70. The van der Waals surface area contributed by atoms with Crippen molar-refractivity contribution < 1.29 is 21.6 Å². The van der Waals surface area contributed by atoms with Gasteiger partial charge < -0.3 is 0 Å². The van der Waals surface area contributed by atoms with E-state index in [9.17, 15) is 21.6 Å². The van der Waals surface area contributed by atoms with Gasteiger partial charge in [0.2, 0.25) is 0 Å². The van der Waals surface area contributed by atoms with Gasteiger partial charge in [0, 0.05) is 5.69 Å². The van der Waals surface area contributed by atoms with Crippen LogP contribution in [0.1, 0.15) is 0 Å². The maximum absolute atomic E-state index is 13.4. The summed E-state index contributed by atoms with van der Waals surface area (Å²) in [6.07, 6.45) is 0. The number of anilines is 1. The van der Waals surface area contributed by atoms with E-state index in [1.807, 2.05) is 0 Å². The first-order chi connectivity index (χ1) is 8.92. The predicted octanol–water partition coefficient (Wildman–Crippen LogP) is 2.90. The SMILES string of the molecule is O=S(=O)(Nc1ccccc1)c1ccc(F)c(F)c1F. The summed E-state index contributed by atoms with van der Waals surface area (Å²) < 4.78 is 64.9. The molecule has 1 N–H and O–H groups in total. The quantitative estimate of drug-likeness (QED) is 0.882. The third-order valence-corrected chi connectivity index (χ3v) is 3.71. The molecule has 0 atom stereocenters. The molecule has 3 nitrogen and oxygen atoms in total. The zero-order chi connectivity index (χ0) is 14.0. The van der Waals surface area contributed by atoms with Crippen molar-refractivity contribution in [3.05, 3.63) is 59.9 Å². The molecule has 100 valence electrons. The zero-order valence-electron chi connectivity index (χ0n) is 9.40. The van der Waals surface area contributed by atoms with E-state index in [4.69, 9.17) is 0 Å². The van der Waals surface area contributed by atoms with Gasteiger partial charge in [-0.15, -0.1) is 0 Å². The van der Waals surface area contributed by atoms with Crippen LogP contribution < -0.4 is 4.72 Å². The average molecular weight is 287 g/mol. The van der Waals surface area contributed by atoms with Crippen molar-refractivity contribution in [2.24, 2.45) is 0 Å². The molecule has 0 fully saturated rings. The van der Waals surface area contributed by atoms with E-state index in [2.05, 4.69) is 4.72 Å². The highest BCUT2D eigenvalue weighted by Gasteiger charge is 2.23. The second-order valence-electron chi connectivity index (χ2n) is 3.65. The topological polar surface area (TPSA) is 46.2 Å². The Labute approximate surface area is 107 Å². The Morgan fingerprint density at radius 3 is 2.11 bits per heavy atom. The number of para-hydroxylation sites is 1. The Morgan fingerprint density at radius 1 is 0.842 bits per heavy atom. The lowest BCUT2D eigenvalue weighted by Crippen LogP contribution is -2.15. The molecule has 0 saturated carbocycles. The van der Waals surface area contributed by atoms with Crippen LogP contribution in [0, 0.1) is 17.5 Å². The van der Waals surface area contributed by atoms with Crippen molar-refractivity contribution in [3.8, 4) is 0 Å². The summed E-state index contributed by atoms with van der Waals surface area (Å²) >= 11 is 0. The minimum atomic E-state index is -4.31. The van der Waals surface area contributed by atoms with Crippen molar-refractivity contribution in [1.82, 2.24) is 0 Å². The summed E-state index contributed by atoms with van der Waals surface area (Å²) in [6.45, 7) is 0. The summed E-state index contributed by atoms with van der Waals surface area (Å²) in [7, 11) is -4.31. The second-order valence-corrected chi connectivity index (χ2v) is 5.30. The van der Waals surface area contributed by atoms with Crippen molar-refractivity contribution in [2.45, 2.75) is 4.90 Å². The lowest BCUT2D eigenvalue weighted by atomic mass is 10.3. The van der Waals surface area contributed by atoms with Crippen LogP contribution >= 0.6 is 0 Å². The van der Waals surface area contributed by atoms with Gasteiger partial charge in [0.15, 0.2) is 17.5 Å². The molecular formula is C12H8F3NO2S. The van der Waals surface area contributed by atoms with E-state index >= 15 is 0 Å². The lowest BCUT2D eigenvalue weighted by Gasteiger charge is -2.09. The van der Waals surface area contributed by atoms with Gasteiger partial charge in [-0.1, -0.05) is 18.2 Å². The minimum Gasteiger partial charge on any atom is -0.280 e. The van der Waals surface area contributed by atoms with E-state index in [1.54, 1.807) is 18.2 Å². The molecule has 19 heavy (non-hydrogen) atoms. The molecule has 0 aliphatic carbocycles. The molecule has 0 aromatic heterocycles. The van der Waals surface area contributed by atoms with E-state index in [1.165, 1.54) is 12.1 Å². The Bertz CT molecular complexity index is 702. The number of halogens is 3. The van der Waals surface area contributed by atoms with Crippen LogP contribution in [0.25, 0.3) is 0 Å². The van der Waals surface area contributed by atoms with Crippen molar-refractivity contribution in [1.29, 1.82) is 0 Å². The second kappa shape index (κ2) is 4.93. The Kier molecular flexibility index (Phi) is 3.48. The molecule has 0 aliphatic rings. The van der Waals surface area contributed by atoms with Crippen LogP contribution in [-0.2, 0) is 10.0 Å². The van der Waals surface area contributed by atoms with Gasteiger partial charge in [-0.2, -0.15) is 0 Å². The number of nitrogens with one attached hydrogen (secondary N) is 1. The van der Waals surface area contributed by atoms with Gasteiger partial charge in [0.1, 0.15) is 4.90 Å². The van der Waals surface area contributed by atoms with Crippen LogP contribution in [0.5, 0.6) is 0 Å². The predicted molar refractivity (Wildman–Crippen MR) is 63.6 cm³/mol. The van der Waals surface area contributed by atoms with Crippen LogP contribution in [-0.4, -0.2) is 8.42 Å². The molecule has 0 amide bonds. The number of rotatable bonds is 3. The first-order valence-electron chi connectivity index (χ1n) is 5.13. The highest BCUT2D eigenvalue weighted by atomic mass is 32.2. The Balaban J connectivity index is 2.44. The zero-order valence-corrected chi connectivity index (χ0v) is 10.2. The number of hydrogen-bond acceptors (Lipinski definition) is 2. The molecule has 2 aromatic carbocycles. The molecular weight excluding hydrogens is 279 g/mol. The third-order valence-electron chi connectivity index (χ3n) is 2.32. The molecule has 2 rings (SSSR count). The first kappa shape index (κ1) is 13.4. The molecule has 2 aromatic rings. The van der Waals surface area contributed by atoms with Gasteiger partial charge in [-0.05, 0) is 24.3 Å². The van der Waals surface area contributed by atoms with E-state index in [-0.39, 0.29) is 5.69 Å². The molecule has 0 heterocycles. The van der Waals surface area contributed by atoms with Gasteiger partial charge >= 0.3 is 0 Å². The fourth-order valence-corrected chi connectivity index (χ4v) is 2.56. The van der Waals surface area contributed by atoms with Gasteiger partial charge in [-0.25, -0.2) is 21.6 Å². The summed E-state index contributed by atoms with van der Waals surface area (Å²) in [5, 5.41) is 0. The summed E-state index contributed by atoms with van der Waals surface area (Å²) in [4.78, 5) is -0.949. The van der Waals surface area contributed by atoms with Crippen molar-refractivity contribution >= 4 is 15.7 Å². The standard InChI is InChI=1S/C12H8F3NO2S/c13-9-6-7-10(12(15)11(9)14)19(17,18)16-8-4-2-1-3-5-8/h1-7,16H. The van der Waals surface area contributed by atoms with E-state index in [0.717, 1.165) is 0 Å². The van der Waals surface area contributed by atoms with E-state index < -0.39 is 32.4 Å². The maximum Gasteiger partial charge on any atom is 0.264 e. The molecule has 7 heteroatoms. The minimum absolute atomic E-state index is 0.187. The fourth-order valence-electron chi connectivity index (χ4n) is 1.43.